The molecule has 0 saturated heterocycles. The Morgan fingerprint density at radius 3 is 2.62 bits per heavy atom. The van der Waals surface area contributed by atoms with Crippen LogP contribution in [0.5, 0.6) is 0 Å². The Morgan fingerprint density at radius 1 is 1.14 bits per heavy atom. The molecule has 1 amide bonds. The Hall–Kier alpha value is -2.40. The van der Waals surface area contributed by atoms with Crippen LogP contribution in [0.25, 0.3) is 0 Å². The molecule has 1 heterocycles. The molecule has 2 aromatic rings. The van der Waals surface area contributed by atoms with Gasteiger partial charge in [-0.2, -0.15) is 0 Å². The fourth-order valence-corrected chi connectivity index (χ4v) is 1.99. The first kappa shape index (κ1) is 15.0. The number of carbonyl (C=O) groups is 1. The molecular formula is C16H19N3O2. The molecule has 0 aliphatic carbocycles. The molecule has 0 fully saturated rings. The lowest BCUT2D eigenvalue weighted by atomic mass is 10.2. The lowest BCUT2D eigenvalue weighted by Gasteiger charge is -2.09. The fourth-order valence-electron chi connectivity index (χ4n) is 1.99. The van der Waals surface area contributed by atoms with Crippen LogP contribution in [-0.2, 0) is 11.3 Å². The van der Waals surface area contributed by atoms with Crippen molar-refractivity contribution in [2.75, 3.05) is 18.9 Å². The number of pyridine rings is 1. The highest BCUT2D eigenvalue weighted by Crippen LogP contribution is 2.04. The summed E-state index contributed by atoms with van der Waals surface area (Å²) in [5.74, 6) is -0.168. The first-order valence-corrected chi connectivity index (χ1v) is 6.88. The number of benzene rings is 1. The molecule has 0 radical (unpaired) electrons. The van der Waals surface area contributed by atoms with Gasteiger partial charge in [-0.3, -0.25) is 9.59 Å². The largest absolute Gasteiger partial charge is 0.321 e. The lowest BCUT2D eigenvalue weighted by molar-refractivity contribution is -0.116. The van der Waals surface area contributed by atoms with Crippen LogP contribution in [0.4, 0.5) is 5.69 Å². The summed E-state index contributed by atoms with van der Waals surface area (Å²) in [6, 6.07) is 13.1. The molecule has 21 heavy (non-hydrogen) atoms. The molecule has 0 aliphatic heterocycles. The molecule has 0 atom stereocenters. The van der Waals surface area contributed by atoms with Crippen LogP contribution in [0.2, 0.25) is 0 Å². The molecular weight excluding hydrogens is 266 g/mol. The molecule has 1 aromatic carbocycles. The van der Waals surface area contributed by atoms with Crippen molar-refractivity contribution in [1.29, 1.82) is 0 Å². The van der Waals surface area contributed by atoms with Crippen molar-refractivity contribution in [3.8, 4) is 0 Å². The Bertz CT molecular complexity index is 650. The summed E-state index contributed by atoms with van der Waals surface area (Å²) in [6.07, 6.45) is 2.06. The summed E-state index contributed by atoms with van der Waals surface area (Å²) in [5, 5.41) is 5.56. The molecule has 5 nitrogen and oxygen atoms in total. The van der Waals surface area contributed by atoms with Gasteiger partial charge in [-0.15, -0.1) is 0 Å². The number of hydrogen-bond donors (Lipinski definition) is 2. The van der Waals surface area contributed by atoms with E-state index in [1.807, 2.05) is 30.3 Å². The third-order valence-electron chi connectivity index (χ3n) is 3.09. The number of nitrogens with zero attached hydrogens (tertiary/aromatic N) is 1. The standard InChI is InChI=1S/C16H19N3O2/c1-17-10-9-15(20)18-14-8-5-11-19(16(14)21)12-13-6-3-2-4-7-13/h2-8,11,17H,9-10,12H2,1H3,(H,18,20). The molecule has 1 aromatic heterocycles. The summed E-state index contributed by atoms with van der Waals surface area (Å²) < 4.78 is 1.59. The summed E-state index contributed by atoms with van der Waals surface area (Å²) in [6.45, 7) is 1.07. The second-order valence-corrected chi connectivity index (χ2v) is 4.74. The van der Waals surface area contributed by atoms with Crippen LogP contribution in [0.1, 0.15) is 12.0 Å². The van der Waals surface area contributed by atoms with Gasteiger partial charge in [0.1, 0.15) is 5.69 Å². The van der Waals surface area contributed by atoms with Gasteiger partial charge >= 0.3 is 0 Å². The minimum atomic E-state index is -0.195. The SMILES string of the molecule is CNCCC(=O)Nc1cccn(Cc2ccccc2)c1=O. The number of rotatable bonds is 6. The molecule has 0 spiro atoms. The van der Waals surface area contributed by atoms with Crippen LogP contribution in [0.3, 0.4) is 0 Å². The smallest absolute Gasteiger partial charge is 0.274 e. The minimum Gasteiger partial charge on any atom is -0.321 e. The Morgan fingerprint density at radius 2 is 1.90 bits per heavy atom. The van der Waals surface area contributed by atoms with Gasteiger partial charge in [0, 0.05) is 19.2 Å². The van der Waals surface area contributed by atoms with Gasteiger partial charge in [-0.1, -0.05) is 30.3 Å². The molecule has 0 unspecified atom stereocenters. The minimum absolute atomic E-state index is 0.168. The van der Waals surface area contributed by atoms with E-state index in [0.717, 1.165) is 5.56 Å². The normalized spacial score (nSPS) is 10.3. The van der Waals surface area contributed by atoms with E-state index in [-0.39, 0.29) is 11.5 Å². The average molecular weight is 285 g/mol. The molecule has 0 aliphatic rings. The second kappa shape index (κ2) is 7.40. The molecule has 110 valence electrons. The predicted molar refractivity (Wildman–Crippen MR) is 83.4 cm³/mol. The summed E-state index contributed by atoms with van der Waals surface area (Å²) >= 11 is 0. The van der Waals surface area contributed by atoms with Crippen molar-refractivity contribution in [2.24, 2.45) is 0 Å². The van der Waals surface area contributed by atoms with Crippen molar-refractivity contribution in [2.45, 2.75) is 13.0 Å². The zero-order chi connectivity index (χ0) is 15.1. The second-order valence-electron chi connectivity index (χ2n) is 4.74. The summed E-state index contributed by atoms with van der Waals surface area (Å²) in [4.78, 5) is 24.0. The number of amides is 1. The van der Waals surface area contributed by atoms with Crippen LogP contribution in [0, 0.1) is 0 Å². The number of nitrogens with one attached hydrogen (secondary N) is 2. The Labute approximate surface area is 123 Å². The third kappa shape index (κ3) is 4.29. The van der Waals surface area contributed by atoms with Crippen LogP contribution in [0.15, 0.2) is 53.5 Å². The topological polar surface area (TPSA) is 63.1 Å². The van der Waals surface area contributed by atoms with Crippen molar-refractivity contribution < 1.29 is 4.79 Å². The predicted octanol–water partition coefficient (Wildman–Crippen LogP) is 1.44. The lowest BCUT2D eigenvalue weighted by Crippen LogP contribution is -2.27. The number of anilines is 1. The van der Waals surface area contributed by atoms with Gasteiger partial charge < -0.3 is 15.2 Å². The summed E-state index contributed by atoms with van der Waals surface area (Å²) in [7, 11) is 1.78. The van der Waals surface area contributed by atoms with Gasteiger partial charge in [0.05, 0.1) is 6.54 Å². The van der Waals surface area contributed by atoms with E-state index in [1.54, 1.807) is 29.9 Å². The van der Waals surface area contributed by atoms with Gasteiger partial charge in [0.15, 0.2) is 0 Å². The Kier molecular flexibility index (Phi) is 5.29. The van der Waals surface area contributed by atoms with Crippen molar-refractivity contribution >= 4 is 11.6 Å². The van der Waals surface area contributed by atoms with Crippen LogP contribution >= 0.6 is 0 Å². The van der Waals surface area contributed by atoms with E-state index in [2.05, 4.69) is 10.6 Å². The molecule has 5 heteroatoms. The first-order chi connectivity index (χ1) is 10.2. The van der Waals surface area contributed by atoms with E-state index in [1.165, 1.54) is 0 Å². The van der Waals surface area contributed by atoms with E-state index in [9.17, 15) is 9.59 Å². The number of hydrogen-bond acceptors (Lipinski definition) is 3. The zero-order valence-corrected chi connectivity index (χ0v) is 12.0. The average Bonchev–Trinajstić information content (AvgIpc) is 2.50. The Balaban J connectivity index is 2.13. The van der Waals surface area contributed by atoms with Crippen molar-refractivity contribution in [3.05, 3.63) is 64.6 Å². The van der Waals surface area contributed by atoms with Gasteiger partial charge in [-0.25, -0.2) is 0 Å². The van der Waals surface area contributed by atoms with Crippen LogP contribution < -0.4 is 16.2 Å². The monoisotopic (exact) mass is 285 g/mol. The van der Waals surface area contributed by atoms with E-state index in [4.69, 9.17) is 0 Å². The highest BCUT2D eigenvalue weighted by atomic mass is 16.2. The fraction of sp³-hybridized carbons (Fsp3) is 0.250. The molecule has 2 N–H and O–H groups in total. The summed E-state index contributed by atoms with van der Waals surface area (Å²) in [5.41, 5.74) is 1.16. The number of aromatic nitrogens is 1. The quantitative estimate of drug-likeness (QED) is 0.844. The molecule has 2 rings (SSSR count). The van der Waals surface area contributed by atoms with Crippen molar-refractivity contribution in [3.63, 3.8) is 0 Å². The van der Waals surface area contributed by atoms with E-state index < -0.39 is 0 Å². The third-order valence-corrected chi connectivity index (χ3v) is 3.09. The molecule has 0 saturated carbocycles. The van der Waals surface area contributed by atoms with Gasteiger partial charge in [0.2, 0.25) is 5.91 Å². The van der Waals surface area contributed by atoms with Gasteiger partial charge in [0.25, 0.3) is 5.56 Å². The number of carbonyl (C=O) groups excluding carboxylic acids is 1. The van der Waals surface area contributed by atoms with Gasteiger partial charge in [-0.05, 0) is 24.7 Å². The van der Waals surface area contributed by atoms with E-state index in [0.29, 0.717) is 25.2 Å². The van der Waals surface area contributed by atoms with Crippen molar-refractivity contribution in [1.82, 2.24) is 9.88 Å². The maximum Gasteiger partial charge on any atom is 0.274 e. The van der Waals surface area contributed by atoms with E-state index >= 15 is 0 Å². The maximum absolute atomic E-state index is 12.3. The molecule has 0 bridgehead atoms. The zero-order valence-electron chi connectivity index (χ0n) is 12.0. The van der Waals surface area contributed by atoms with Crippen LogP contribution in [-0.4, -0.2) is 24.1 Å². The highest BCUT2D eigenvalue weighted by Gasteiger charge is 2.07. The highest BCUT2D eigenvalue weighted by molar-refractivity contribution is 5.90. The first-order valence-electron chi connectivity index (χ1n) is 6.88. The maximum atomic E-state index is 12.3.